The van der Waals surface area contributed by atoms with E-state index in [-0.39, 0.29) is 12.1 Å². The van der Waals surface area contributed by atoms with Crippen molar-refractivity contribution in [2.24, 2.45) is 5.73 Å². The number of carbonyl (C=O) groups is 1. The van der Waals surface area contributed by atoms with Gasteiger partial charge in [-0.05, 0) is 30.5 Å². The van der Waals surface area contributed by atoms with Crippen LogP contribution in [0.1, 0.15) is 22.7 Å². The molecular weight excluding hydrogens is 226 g/mol. The largest absolute Gasteiger partial charge is 0.326 e. The summed E-state index contributed by atoms with van der Waals surface area (Å²) in [5.74, 6) is 0. The number of hydrogen-bond donors (Lipinski definition) is 1. The fourth-order valence-electron chi connectivity index (χ4n) is 2.21. The Morgan fingerprint density at radius 3 is 2.56 bits per heavy atom. The van der Waals surface area contributed by atoms with E-state index in [1.807, 2.05) is 11.9 Å². The number of nitrogens with zero attached hydrogens (tertiary/aromatic N) is 2. The Bertz CT molecular complexity index is 458. The van der Waals surface area contributed by atoms with Crippen LogP contribution in [0.25, 0.3) is 0 Å². The quantitative estimate of drug-likeness (QED) is 0.883. The number of carbonyl (C=O) groups excluding carboxylic acids is 1. The fourth-order valence-corrected chi connectivity index (χ4v) is 2.21. The van der Waals surface area contributed by atoms with Crippen LogP contribution >= 0.6 is 0 Å². The van der Waals surface area contributed by atoms with Crippen LogP contribution in [0.4, 0.5) is 4.79 Å². The maximum Gasteiger partial charge on any atom is 0.319 e. The van der Waals surface area contributed by atoms with E-state index >= 15 is 0 Å². The Balaban J connectivity index is 2.05. The molecule has 1 aromatic rings. The lowest BCUT2D eigenvalue weighted by molar-refractivity contribution is 0.196. The molecule has 0 radical (unpaired) electrons. The van der Waals surface area contributed by atoms with Crippen LogP contribution in [0.3, 0.4) is 0 Å². The highest BCUT2D eigenvalue weighted by Gasteiger charge is 2.26. The molecular formula is C14H21N3O. The zero-order chi connectivity index (χ0) is 13.3. The molecule has 1 fully saturated rings. The molecule has 18 heavy (non-hydrogen) atoms. The van der Waals surface area contributed by atoms with Crippen molar-refractivity contribution in [3.05, 3.63) is 34.9 Å². The third-order valence-electron chi connectivity index (χ3n) is 3.68. The second kappa shape index (κ2) is 4.98. The average Bonchev–Trinajstić information content (AvgIpc) is 2.64. The Hall–Kier alpha value is -1.55. The average molecular weight is 247 g/mol. The van der Waals surface area contributed by atoms with Gasteiger partial charge in [0.25, 0.3) is 0 Å². The number of nitrogens with two attached hydrogens (primary N) is 1. The van der Waals surface area contributed by atoms with Gasteiger partial charge in [0.15, 0.2) is 0 Å². The van der Waals surface area contributed by atoms with E-state index < -0.39 is 0 Å². The van der Waals surface area contributed by atoms with Crippen LogP contribution in [-0.4, -0.2) is 42.5 Å². The Labute approximate surface area is 108 Å². The third kappa shape index (κ3) is 2.48. The van der Waals surface area contributed by atoms with Gasteiger partial charge in [0.1, 0.15) is 0 Å². The zero-order valence-electron chi connectivity index (χ0n) is 11.3. The van der Waals surface area contributed by atoms with Crippen molar-refractivity contribution in [2.45, 2.75) is 19.9 Å². The summed E-state index contributed by atoms with van der Waals surface area (Å²) < 4.78 is 0. The predicted octanol–water partition coefficient (Wildman–Crippen LogP) is 1.67. The van der Waals surface area contributed by atoms with Crippen LogP contribution < -0.4 is 5.73 Å². The summed E-state index contributed by atoms with van der Waals surface area (Å²) in [6.45, 7) is 6.32. The summed E-state index contributed by atoms with van der Waals surface area (Å²) in [7, 11) is 1.82. The predicted molar refractivity (Wildman–Crippen MR) is 72.4 cm³/mol. The van der Waals surface area contributed by atoms with Gasteiger partial charge in [0.05, 0.1) is 0 Å². The first kappa shape index (κ1) is 12.9. The molecule has 2 N–H and O–H groups in total. The summed E-state index contributed by atoms with van der Waals surface area (Å²) in [4.78, 5) is 15.3. The van der Waals surface area contributed by atoms with Crippen molar-refractivity contribution in [1.29, 1.82) is 0 Å². The molecule has 1 atom stereocenters. The number of amides is 2. The Morgan fingerprint density at radius 2 is 2.00 bits per heavy atom. The first-order valence-electron chi connectivity index (χ1n) is 6.32. The van der Waals surface area contributed by atoms with Gasteiger partial charge in [-0.15, -0.1) is 0 Å². The zero-order valence-corrected chi connectivity index (χ0v) is 11.3. The number of likely N-dealkylation sites (N-methyl/N-ethyl adjacent to an activating group) is 1. The smallest absolute Gasteiger partial charge is 0.319 e. The SMILES string of the molecule is Cc1ccc(C(N)CN2CCN(C)C2=O)cc1C. The van der Waals surface area contributed by atoms with E-state index in [0.717, 1.165) is 18.7 Å². The number of benzene rings is 1. The molecule has 1 saturated heterocycles. The number of hydrogen-bond acceptors (Lipinski definition) is 2. The number of urea groups is 1. The van der Waals surface area contributed by atoms with Crippen molar-refractivity contribution in [3.8, 4) is 0 Å². The van der Waals surface area contributed by atoms with E-state index in [1.54, 1.807) is 4.90 Å². The summed E-state index contributed by atoms with van der Waals surface area (Å²) in [6, 6.07) is 6.22. The van der Waals surface area contributed by atoms with E-state index in [4.69, 9.17) is 5.73 Å². The normalized spacial score (nSPS) is 17.4. The van der Waals surface area contributed by atoms with E-state index in [1.165, 1.54) is 11.1 Å². The van der Waals surface area contributed by atoms with E-state index in [9.17, 15) is 4.79 Å². The second-order valence-electron chi connectivity index (χ2n) is 5.10. The minimum atomic E-state index is -0.111. The van der Waals surface area contributed by atoms with Gasteiger partial charge in [0, 0.05) is 32.7 Å². The minimum absolute atomic E-state index is 0.0780. The molecule has 0 spiro atoms. The van der Waals surface area contributed by atoms with Gasteiger partial charge in [-0.2, -0.15) is 0 Å². The van der Waals surface area contributed by atoms with Crippen LogP contribution in [0.15, 0.2) is 18.2 Å². The van der Waals surface area contributed by atoms with Crippen molar-refractivity contribution in [1.82, 2.24) is 9.80 Å². The third-order valence-corrected chi connectivity index (χ3v) is 3.68. The van der Waals surface area contributed by atoms with Crippen molar-refractivity contribution in [3.63, 3.8) is 0 Å². The molecule has 1 heterocycles. The van der Waals surface area contributed by atoms with Crippen molar-refractivity contribution < 1.29 is 4.79 Å². The van der Waals surface area contributed by atoms with Gasteiger partial charge in [-0.25, -0.2) is 4.79 Å². The van der Waals surface area contributed by atoms with E-state index in [2.05, 4.69) is 32.0 Å². The Morgan fingerprint density at radius 1 is 1.28 bits per heavy atom. The molecule has 0 aromatic heterocycles. The highest BCUT2D eigenvalue weighted by Crippen LogP contribution is 2.18. The minimum Gasteiger partial charge on any atom is -0.326 e. The van der Waals surface area contributed by atoms with Crippen LogP contribution in [-0.2, 0) is 0 Å². The summed E-state index contributed by atoms with van der Waals surface area (Å²) in [6.07, 6.45) is 0. The van der Waals surface area contributed by atoms with Gasteiger partial charge in [-0.3, -0.25) is 0 Å². The molecule has 1 unspecified atom stereocenters. The molecule has 0 saturated carbocycles. The molecule has 4 nitrogen and oxygen atoms in total. The highest BCUT2D eigenvalue weighted by molar-refractivity contribution is 5.76. The van der Waals surface area contributed by atoms with Gasteiger partial charge in [0.2, 0.25) is 0 Å². The lowest BCUT2D eigenvalue weighted by Crippen LogP contribution is -2.35. The Kier molecular flexibility index (Phi) is 3.57. The van der Waals surface area contributed by atoms with Crippen molar-refractivity contribution >= 4 is 6.03 Å². The molecule has 1 aromatic carbocycles. The fraction of sp³-hybridized carbons (Fsp3) is 0.500. The lowest BCUT2D eigenvalue weighted by atomic mass is 10.0. The van der Waals surface area contributed by atoms with Crippen molar-refractivity contribution in [2.75, 3.05) is 26.7 Å². The maximum atomic E-state index is 11.8. The number of rotatable bonds is 3. The topological polar surface area (TPSA) is 49.6 Å². The molecule has 2 rings (SSSR count). The standard InChI is InChI=1S/C14H21N3O/c1-10-4-5-12(8-11(10)2)13(15)9-17-7-6-16(3)14(17)18/h4-5,8,13H,6-7,9,15H2,1-3H3. The molecule has 0 aliphatic carbocycles. The van der Waals surface area contributed by atoms with E-state index in [0.29, 0.717) is 6.54 Å². The molecule has 0 bridgehead atoms. The molecule has 98 valence electrons. The molecule has 1 aliphatic heterocycles. The van der Waals surface area contributed by atoms with Crippen LogP contribution in [0.5, 0.6) is 0 Å². The molecule has 1 aliphatic rings. The molecule has 2 amide bonds. The van der Waals surface area contributed by atoms with Gasteiger partial charge < -0.3 is 15.5 Å². The van der Waals surface area contributed by atoms with Gasteiger partial charge in [-0.1, -0.05) is 18.2 Å². The summed E-state index contributed by atoms with van der Waals surface area (Å²) in [5.41, 5.74) is 9.80. The van der Waals surface area contributed by atoms with Crippen LogP contribution in [0, 0.1) is 13.8 Å². The maximum absolute atomic E-state index is 11.8. The highest BCUT2D eigenvalue weighted by atomic mass is 16.2. The first-order chi connectivity index (χ1) is 8.49. The summed E-state index contributed by atoms with van der Waals surface area (Å²) in [5, 5.41) is 0. The second-order valence-corrected chi connectivity index (χ2v) is 5.10. The van der Waals surface area contributed by atoms with Crippen LogP contribution in [0.2, 0.25) is 0 Å². The molecule has 4 heteroatoms. The summed E-state index contributed by atoms with van der Waals surface area (Å²) >= 11 is 0. The first-order valence-corrected chi connectivity index (χ1v) is 6.32. The monoisotopic (exact) mass is 247 g/mol. The lowest BCUT2D eigenvalue weighted by Gasteiger charge is -2.21. The number of aryl methyl sites for hydroxylation is 2. The van der Waals surface area contributed by atoms with Gasteiger partial charge >= 0.3 is 6.03 Å².